The normalized spacial score (nSPS) is 37.0. The Kier molecular flexibility index (Phi) is 7.42. The first-order valence-electron chi connectivity index (χ1n) is 14.6. The third kappa shape index (κ3) is 4.87. The first-order chi connectivity index (χ1) is 22.9. The highest BCUT2D eigenvalue weighted by molar-refractivity contribution is 7.52. The molecular weight excluding hydrogens is 682 g/mol. The van der Waals surface area contributed by atoms with Crippen molar-refractivity contribution in [2.45, 2.75) is 36.2 Å². The number of aliphatic hydroxyl groups is 3. The predicted octanol–water partition coefficient (Wildman–Crippen LogP) is -1.90. The second-order valence-corrected chi connectivity index (χ2v) is 14.9. The molecule has 48 heavy (non-hydrogen) atoms. The van der Waals surface area contributed by atoms with Crippen LogP contribution in [-0.4, -0.2) is 114 Å². The number of fused-ring (bicyclic) bond motifs is 4. The zero-order valence-electron chi connectivity index (χ0n) is 24.5. The van der Waals surface area contributed by atoms with Crippen molar-refractivity contribution in [3.8, 4) is 0 Å². The van der Waals surface area contributed by atoms with Gasteiger partial charge in [-0.15, -0.1) is 0 Å². The molecule has 0 radical (unpaired) electrons. The summed E-state index contributed by atoms with van der Waals surface area (Å²) >= 11 is 0. The van der Waals surface area contributed by atoms with Gasteiger partial charge in [0.05, 0.1) is 37.7 Å². The molecule has 4 aliphatic rings. The molecule has 4 aromatic heterocycles. The number of rotatable bonds is 12. The van der Waals surface area contributed by atoms with Gasteiger partial charge in [-0.1, -0.05) is 0 Å². The SMILES string of the molecule is Nc1ncnc2c1ncn2[C@@H]1OC2(O)C(C1OCP(=O)(O)OC[C@@H]1C3C(OC[PH](=O)O)[C@H](n4cnc5c(N)ncnc54)OC31O)[C@H]2CO. The lowest BCUT2D eigenvalue weighted by atomic mass is 10.1. The summed E-state index contributed by atoms with van der Waals surface area (Å²) in [6, 6.07) is 0. The highest BCUT2D eigenvalue weighted by Gasteiger charge is 2.77. The molecule has 24 heteroatoms. The minimum Gasteiger partial charge on any atom is -0.396 e. The fraction of sp³-hybridized carbons (Fsp3) is 0.583. The van der Waals surface area contributed by atoms with Gasteiger partial charge in [0.2, 0.25) is 8.03 Å². The highest BCUT2D eigenvalue weighted by atomic mass is 31.2. The molecule has 258 valence electrons. The molecule has 4 aromatic rings. The summed E-state index contributed by atoms with van der Waals surface area (Å²) < 4.78 is 56.3. The molecule has 8 unspecified atom stereocenters. The summed E-state index contributed by atoms with van der Waals surface area (Å²) in [5.41, 5.74) is 12.8. The van der Waals surface area contributed by atoms with Crippen molar-refractivity contribution in [3.63, 3.8) is 0 Å². The Bertz CT molecular complexity index is 1980. The van der Waals surface area contributed by atoms with Crippen molar-refractivity contribution in [2.24, 2.45) is 23.7 Å². The third-order valence-corrected chi connectivity index (χ3v) is 10.8. The second kappa shape index (κ2) is 11.1. The van der Waals surface area contributed by atoms with E-state index in [1.165, 1.54) is 34.4 Å². The molecule has 6 heterocycles. The lowest BCUT2D eigenvalue weighted by Crippen LogP contribution is -2.31. The molecule has 2 aliphatic heterocycles. The Morgan fingerprint density at radius 1 is 0.875 bits per heavy atom. The Balaban J connectivity index is 0.962. The monoisotopic (exact) mass is 712 g/mol. The van der Waals surface area contributed by atoms with Crippen LogP contribution in [0, 0.1) is 23.7 Å². The molecule has 9 N–H and O–H groups in total. The maximum absolute atomic E-state index is 13.2. The van der Waals surface area contributed by atoms with Crippen LogP contribution in [0.4, 0.5) is 11.6 Å². The topological polar surface area (TPSA) is 321 Å². The fourth-order valence-electron chi connectivity index (χ4n) is 6.99. The van der Waals surface area contributed by atoms with Crippen molar-refractivity contribution >= 4 is 49.6 Å². The molecule has 0 aromatic carbocycles. The molecule has 0 spiro atoms. The summed E-state index contributed by atoms with van der Waals surface area (Å²) in [7, 11) is -7.60. The second-order valence-electron chi connectivity index (χ2n) is 12.0. The molecule has 4 fully saturated rings. The Morgan fingerprint density at radius 3 is 1.94 bits per heavy atom. The average Bonchev–Trinajstić information content (AvgIpc) is 3.43. The van der Waals surface area contributed by atoms with Crippen LogP contribution in [0.15, 0.2) is 25.3 Å². The van der Waals surface area contributed by atoms with Crippen molar-refractivity contribution in [2.75, 3.05) is 37.4 Å². The zero-order chi connectivity index (χ0) is 33.7. The molecule has 22 nitrogen and oxygen atoms in total. The maximum Gasteiger partial charge on any atom is 0.353 e. The first kappa shape index (κ1) is 32.0. The number of hydrogen-bond donors (Lipinski definition) is 7. The van der Waals surface area contributed by atoms with Gasteiger partial charge >= 0.3 is 7.60 Å². The van der Waals surface area contributed by atoms with Crippen LogP contribution < -0.4 is 11.5 Å². The molecule has 2 aliphatic carbocycles. The largest absolute Gasteiger partial charge is 0.396 e. The van der Waals surface area contributed by atoms with Crippen molar-refractivity contribution in [1.29, 1.82) is 0 Å². The maximum atomic E-state index is 13.2. The third-order valence-electron chi connectivity index (χ3n) is 9.36. The lowest BCUT2D eigenvalue weighted by Gasteiger charge is -2.27. The van der Waals surface area contributed by atoms with Gasteiger partial charge in [-0.2, -0.15) is 0 Å². The number of nitrogens with zero attached hydrogens (tertiary/aromatic N) is 8. The van der Waals surface area contributed by atoms with E-state index in [9.17, 15) is 34.2 Å². The predicted molar refractivity (Wildman–Crippen MR) is 157 cm³/mol. The van der Waals surface area contributed by atoms with Crippen molar-refractivity contribution in [3.05, 3.63) is 25.3 Å². The minimum absolute atomic E-state index is 0.108. The van der Waals surface area contributed by atoms with Crippen molar-refractivity contribution < 1.29 is 57.7 Å². The summed E-state index contributed by atoms with van der Waals surface area (Å²) in [5, 5.41) is 32.1. The standard InChI is InChI=1S/C24H30N10O12P2/c25-17-13-19(29-3-27-17)33(5-31-13)21-15(42-7-47(38)39)12-10(24(12,37)46-21)2-44-48(40,41)8-43-16-11-9(1-35)23(11,36)45-22(16)34-6-32-14-18(26)28-4-30-20(14)34/h3-6,9-12,15-16,21-22,35-37,47H,1-2,7-8H2,(H,38,39)(H,40,41)(H2,25,27,29)(H2,26,28,30)/t9-,10-,11?,12?,15?,16?,21-,22-,23?,24?/m1/s1. The fourth-order valence-corrected chi connectivity index (χ4v) is 8.16. The number of aliphatic hydroxyl groups excluding tert-OH is 1. The van der Waals surface area contributed by atoms with Gasteiger partial charge in [0.15, 0.2) is 47.0 Å². The number of imidazole rings is 2. The van der Waals surface area contributed by atoms with Crippen LogP contribution in [0.2, 0.25) is 0 Å². The van der Waals surface area contributed by atoms with Gasteiger partial charge in [0, 0.05) is 11.8 Å². The van der Waals surface area contributed by atoms with E-state index in [0.717, 1.165) is 0 Å². The van der Waals surface area contributed by atoms with E-state index >= 15 is 0 Å². The van der Waals surface area contributed by atoms with E-state index in [-0.39, 0.29) is 34.0 Å². The van der Waals surface area contributed by atoms with Gasteiger partial charge in [-0.05, 0) is 0 Å². The summed E-state index contributed by atoms with van der Waals surface area (Å²) in [6.45, 7) is -0.897. The smallest absolute Gasteiger partial charge is 0.353 e. The minimum atomic E-state index is -4.53. The number of hydrogen-bond acceptors (Lipinski definition) is 18. The Morgan fingerprint density at radius 2 is 1.40 bits per heavy atom. The average molecular weight is 713 g/mol. The number of nitrogens with two attached hydrogens (primary N) is 2. The Labute approximate surface area is 269 Å². The molecule has 12 atom stereocenters. The first-order valence-corrected chi connectivity index (χ1v) is 17.9. The van der Waals surface area contributed by atoms with E-state index in [0.29, 0.717) is 0 Å². The van der Waals surface area contributed by atoms with Gasteiger partial charge in [-0.25, -0.2) is 29.9 Å². The van der Waals surface area contributed by atoms with Gasteiger partial charge < -0.3 is 60.0 Å². The van der Waals surface area contributed by atoms with Gasteiger partial charge in [0.25, 0.3) is 0 Å². The van der Waals surface area contributed by atoms with Crippen LogP contribution in [0.5, 0.6) is 0 Å². The van der Waals surface area contributed by atoms with E-state index in [2.05, 4.69) is 29.9 Å². The lowest BCUT2D eigenvalue weighted by molar-refractivity contribution is -0.185. The summed E-state index contributed by atoms with van der Waals surface area (Å²) in [4.78, 5) is 44.7. The summed E-state index contributed by atoms with van der Waals surface area (Å²) in [5.74, 6) is -6.58. The van der Waals surface area contributed by atoms with E-state index in [1.54, 1.807) is 0 Å². The molecule has 0 bridgehead atoms. The van der Waals surface area contributed by atoms with E-state index in [4.69, 9.17) is 34.9 Å². The van der Waals surface area contributed by atoms with Gasteiger partial charge in [-0.3, -0.25) is 18.3 Å². The number of nitrogen functional groups attached to an aromatic ring is 2. The van der Waals surface area contributed by atoms with Crippen LogP contribution in [0.1, 0.15) is 12.5 Å². The van der Waals surface area contributed by atoms with Crippen LogP contribution in [-0.2, 0) is 32.6 Å². The molecule has 2 saturated carbocycles. The molecule has 0 amide bonds. The molecule has 8 rings (SSSR count). The Hall–Kier alpha value is -3.24. The zero-order valence-corrected chi connectivity index (χ0v) is 26.4. The summed E-state index contributed by atoms with van der Waals surface area (Å²) in [6.07, 6.45) is -0.390. The van der Waals surface area contributed by atoms with Crippen LogP contribution >= 0.6 is 15.6 Å². The van der Waals surface area contributed by atoms with E-state index < -0.39 is 101 Å². The highest BCUT2D eigenvalue weighted by Crippen LogP contribution is 2.66. The van der Waals surface area contributed by atoms with E-state index in [1.807, 2.05) is 0 Å². The van der Waals surface area contributed by atoms with Crippen LogP contribution in [0.3, 0.4) is 0 Å². The number of anilines is 2. The molecule has 2 saturated heterocycles. The number of ether oxygens (including phenoxy) is 4. The molecular formula is C24H30N10O12P2. The van der Waals surface area contributed by atoms with Gasteiger partial charge in [0.1, 0.15) is 48.6 Å². The van der Waals surface area contributed by atoms with Crippen molar-refractivity contribution in [1.82, 2.24) is 39.0 Å². The van der Waals surface area contributed by atoms with Crippen LogP contribution in [0.25, 0.3) is 22.3 Å². The quantitative estimate of drug-likeness (QED) is 0.0789. The number of aromatic nitrogens is 8.